The summed E-state index contributed by atoms with van der Waals surface area (Å²) >= 11 is 0. The molecule has 0 unspecified atom stereocenters. The number of carbonyl (C=O) groups excluding carboxylic acids is 1. The van der Waals surface area contributed by atoms with E-state index in [1.807, 2.05) is 31.2 Å². The molecule has 4 aromatic rings. The van der Waals surface area contributed by atoms with E-state index in [0.717, 1.165) is 11.3 Å². The lowest BCUT2D eigenvalue weighted by atomic mass is 10.1. The number of fused-ring (bicyclic) bond motifs is 1. The van der Waals surface area contributed by atoms with Crippen LogP contribution in [0.25, 0.3) is 22.2 Å². The molecular formula is C24H23N5O4. The third-order valence-electron chi connectivity index (χ3n) is 5.02. The van der Waals surface area contributed by atoms with Gasteiger partial charge in [-0.05, 0) is 49.4 Å². The van der Waals surface area contributed by atoms with Crippen molar-refractivity contribution in [1.82, 2.24) is 24.6 Å². The Kier molecular flexibility index (Phi) is 6.58. The fourth-order valence-electron chi connectivity index (χ4n) is 3.38. The molecular weight excluding hydrogens is 422 g/mol. The van der Waals surface area contributed by atoms with Crippen molar-refractivity contribution < 1.29 is 9.53 Å². The number of carbonyl (C=O) groups is 1. The van der Waals surface area contributed by atoms with E-state index in [-0.39, 0.29) is 36.7 Å². The molecule has 0 saturated carbocycles. The molecule has 0 atom stereocenters. The molecule has 0 saturated heterocycles. The molecule has 1 amide bonds. The smallest absolute Gasteiger partial charge is 0.266 e. The number of hydrogen-bond acceptors (Lipinski definition) is 6. The summed E-state index contributed by atoms with van der Waals surface area (Å²) in [5.41, 5.74) is 1.51. The molecule has 2 aromatic heterocycles. The Labute approximate surface area is 189 Å². The van der Waals surface area contributed by atoms with Crippen LogP contribution in [0.15, 0.2) is 76.6 Å². The molecule has 0 aliphatic heterocycles. The third kappa shape index (κ3) is 5.15. The van der Waals surface area contributed by atoms with Gasteiger partial charge in [0.05, 0.1) is 36.1 Å². The van der Waals surface area contributed by atoms with Gasteiger partial charge < -0.3 is 10.1 Å². The van der Waals surface area contributed by atoms with Gasteiger partial charge >= 0.3 is 0 Å². The first-order valence-corrected chi connectivity index (χ1v) is 10.6. The summed E-state index contributed by atoms with van der Waals surface area (Å²) < 4.78 is 8.01. The summed E-state index contributed by atoms with van der Waals surface area (Å²) in [6.07, 6.45) is 1.36. The lowest BCUT2D eigenvalue weighted by Gasteiger charge is -2.10. The number of ether oxygens (including phenoxy) is 1. The first-order chi connectivity index (χ1) is 16.0. The predicted molar refractivity (Wildman–Crippen MR) is 124 cm³/mol. The lowest BCUT2D eigenvalue weighted by Crippen LogP contribution is -2.36. The van der Waals surface area contributed by atoms with Gasteiger partial charge in [0, 0.05) is 18.2 Å². The van der Waals surface area contributed by atoms with Crippen molar-refractivity contribution in [3.8, 4) is 17.0 Å². The van der Waals surface area contributed by atoms with Gasteiger partial charge in [-0.2, -0.15) is 5.10 Å². The van der Waals surface area contributed by atoms with Gasteiger partial charge in [0.2, 0.25) is 5.91 Å². The fourth-order valence-corrected chi connectivity index (χ4v) is 3.38. The van der Waals surface area contributed by atoms with Gasteiger partial charge in [0.15, 0.2) is 0 Å². The first kappa shape index (κ1) is 21.9. The minimum atomic E-state index is -0.357. The van der Waals surface area contributed by atoms with Crippen LogP contribution in [0.2, 0.25) is 0 Å². The molecule has 0 bridgehead atoms. The third-order valence-corrected chi connectivity index (χ3v) is 5.02. The highest BCUT2D eigenvalue weighted by Crippen LogP contribution is 2.19. The number of rotatable bonds is 8. The zero-order chi connectivity index (χ0) is 23.2. The van der Waals surface area contributed by atoms with Crippen LogP contribution in [-0.4, -0.2) is 38.4 Å². The van der Waals surface area contributed by atoms with Gasteiger partial charge in [-0.3, -0.25) is 19.0 Å². The second kappa shape index (κ2) is 9.90. The first-order valence-electron chi connectivity index (χ1n) is 10.6. The van der Waals surface area contributed by atoms with Crippen molar-refractivity contribution in [2.45, 2.75) is 20.0 Å². The Balaban J connectivity index is 1.39. The van der Waals surface area contributed by atoms with Crippen molar-refractivity contribution >= 4 is 16.8 Å². The van der Waals surface area contributed by atoms with Gasteiger partial charge in [0.25, 0.3) is 11.1 Å². The maximum Gasteiger partial charge on any atom is 0.266 e. The fraction of sp³-hybridized carbons (Fsp3) is 0.208. The minimum Gasteiger partial charge on any atom is -0.494 e. The maximum absolute atomic E-state index is 12.5. The van der Waals surface area contributed by atoms with Gasteiger partial charge in [-0.1, -0.05) is 12.1 Å². The average molecular weight is 445 g/mol. The van der Waals surface area contributed by atoms with E-state index in [1.165, 1.54) is 21.6 Å². The van der Waals surface area contributed by atoms with Crippen molar-refractivity contribution in [2.75, 3.05) is 13.2 Å². The van der Waals surface area contributed by atoms with Gasteiger partial charge in [-0.25, -0.2) is 9.67 Å². The molecule has 168 valence electrons. The molecule has 2 aromatic carbocycles. The zero-order valence-electron chi connectivity index (χ0n) is 18.1. The number of hydrogen-bond donors (Lipinski definition) is 1. The molecule has 9 heteroatoms. The van der Waals surface area contributed by atoms with Crippen molar-refractivity contribution in [3.63, 3.8) is 0 Å². The highest BCUT2D eigenvalue weighted by molar-refractivity contribution is 5.78. The number of amides is 1. The quantitative estimate of drug-likeness (QED) is 0.443. The average Bonchev–Trinajstić information content (AvgIpc) is 2.83. The van der Waals surface area contributed by atoms with Crippen LogP contribution in [0.1, 0.15) is 6.92 Å². The molecule has 2 heterocycles. The van der Waals surface area contributed by atoms with Crippen LogP contribution >= 0.6 is 0 Å². The summed E-state index contributed by atoms with van der Waals surface area (Å²) in [4.78, 5) is 41.2. The standard InChI is InChI=1S/C24H23N5O4/c1-2-33-18-9-7-17(8-10-18)20-11-12-23(31)29(27-20)14-13-25-22(30)15-28-16-26-21-6-4-3-5-19(21)24(28)32/h3-12,16H,2,13-15H2,1H3,(H,25,30). The Morgan fingerprint density at radius 2 is 1.82 bits per heavy atom. The van der Waals surface area contributed by atoms with E-state index in [4.69, 9.17) is 4.74 Å². The van der Waals surface area contributed by atoms with Crippen LogP contribution in [0.3, 0.4) is 0 Å². The van der Waals surface area contributed by atoms with Crippen molar-refractivity contribution in [1.29, 1.82) is 0 Å². The minimum absolute atomic E-state index is 0.161. The van der Waals surface area contributed by atoms with Crippen molar-refractivity contribution in [2.24, 2.45) is 0 Å². The SMILES string of the molecule is CCOc1ccc(-c2ccc(=O)n(CCNC(=O)Cn3cnc4ccccc4c3=O)n2)cc1. The summed E-state index contributed by atoms with van der Waals surface area (Å²) in [6.45, 7) is 2.72. The molecule has 0 aliphatic carbocycles. The van der Waals surface area contributed by atoms with Crippen LogP contribution in [0.4, 0.5) is 0 Å². The van der Waals surface area contributed by atoms with E-state index in [1.54, 1.807) is 30.3 Å². The second-order valence-corrected chi connectivity index (χ2v) is 7.28. The normalized spacial score (nSPS) is 10.8. The van der Waals surface area contributed by atoms with E-state index in [9.17, 15) is 14.4 Å². The highest BCUT2D eigenvalue weighted by Gasteiger charge is 2.09. The topological polar surface area (TPSA) is 108 Å². The summed E-state index contributed by atoms with van der Waals surface area (Å²) in [5.74, 6) is 0.405. The Bertz CT molecular complexity index is 1390. The number of benzene rings is 2. The number of nitrogens with one attached hydrogen (secondary N) is 1. The Hall–Kier alpha value is -4.27. The Morgan fingerprint density at radius 1 is 1.03 bits per heavy atom. The molecule has 1 N–H and O–H groups in total. The van der Waals surface area contributed by atoms with E-state index in [0.29, 0.717) is 23.2 Å². The largest absolute Gasteiger partial charge is 0.494 e. The van der Waals surface area contributed by atoms with E-state index >= 15 is 0 Å². The molecule has 0 fully saturated rings. The van der Waals surface area contributed by atoms with Gasteiger partial charge in [-0.15, -0.1) is 0 Å². The van der Waals surface area contributed by atoms with Crippen LogP contribution in [0.5, 0.6) is 5.75 Å². The van der Waals surface area contributed by atoms with Crippen LogP contribution < -0.4 is 21.2 Å². The lowest BCUT2D eigenvalue weighted by molar-refractivity contribution is -0.121. The number of nitrogens with zero attached hydrogens (tertiary/aromatic N) is 4. The van der Waals surface area contributed by atoms with Crippen molar-refractivity contribution in [3.05, 3.63) is 87.7 Å². The zero-order valence-corrected chi connectivity index (χ0v) is 18.1. The maximum atomic E-state index is 12.5. The molecule has 0 aliphatic rings. The molecule has 0 radical (unpaired) electrons. The highest BCUT2D eigenvalue weighted by atomic mass is 16.5. The van der Waals surface area contributed by atoms with Crippen LogP contribution in [0, 0.1) is 0 Å². The molecule has 9 nitrogen and oxygen atoms in total. The van der Waals surface area contributed by atoms with E-state index in [2.05, 4.69) is 15.4 Å². The molecule has 33 heavy (non-hydrogen) atoms. The van der Waals surface area contributed by atoms with Crippen LogP contribution in [-0.2, 0) is 17.9 Å². The summed E-state index contributed by atoms with van der Waals surface area (Å²) in [6, 6.07) is 17.5. The van der Waals surface area contributed by atoms with E-state index < -0.39 is 0 Å². The predicted octanol–water partition coefficient (Wildman–Crippen LogP) is 1.84. The number of para-hydroxylation sites is 1. The van der Waals surface area contributed by atoms with Gasteiger partial charge in [0.1, 0.15) is 12.3 Å². The summed E-state index contributed by atoms with van der Waals surface area (Å²) in [7, 11) is 0. The molecule has 0 spiro atoms. The monoisotopic (exact) mass is 445 g/mol. The second-order valence-electron chi connectivity index (χ2n) is 7.28. The number of aromatic nitrogens is 4. The summed E-state index contributed by atoms with van der Waals surface area (Å²) in [5, 5.41) is 7.57. The molecule has 4 rings (SSSR count). The Morgan fingerprint density at radius 3 is 2.61 bits per heavy atom.